The van der Waals surface area contributed by atoms with E-state index in [0.717, 1.165) is 24.4 Å². The van der Waals surface area contributed by atoms with E-state index in [4.69, 9.17) is 9.56 Å². The lowest BCUT2D eigenvalue weighted by atomic mass is 9.99. The van der Waals surface area contributed by atoms with E-state index in [9.17, 15) is 13.2 Å². The number of amides is 2. The molecule has 8 heteroatoms. The van der Waals surface area contributed by atoms with Gasteiger partial charge >= 0.3 is 6.03 Å². The van der Waals surface area contributed by atoms with Gasteiger partial charge in [0.15, 0.2) is 0 Å². The van der Waals surface area contributed by atoms with Crippen molar-refractivity contribution in [1.29, 1.82) is 0 Å². The number of carbonyl (C=O) groups is 1. The van der Waals surface area contributed by atoms with E-state index in [1.807, 2.05) is 26.0 Å². The fourth-order valence-electron chi connectivity index (χ4n) is 2.98. The Morgan fingerprint density at radius 3 is 2.62 bits per heavy atom. The van der Waals surface area contributed by atoms with Crippen molar-refractivity contribution in [2.24, 2.45) is 11.1 Å². The zero-order chi connectivity index (χ0) is 17.7. The van der Waals surface area contributed by atoms with Crippen LogP contribution in [-0.4, -0.2) is 44.2 Å². The summed E-state index contributed by atoms with van der Waals surface area (Å²) in [6, 6.07) is 3.85. The van der Waals surface area contributed by atoms with Gasteiger partial charge in [-0.15, -0.1) is 0 Å². The number of hydrogen-bond donors (Lipinski definition) is 2. The van der Waals surface area contributed by atoms with Crippen LogP contribution in [0.25, 0.3) is 0 Å². The van der Waals surface area contributed by atoms with Crippen molar-refractivity contribution >= 4 is 16.1 Å². The molecule has 2 rings (SSSR count). The third-order valence-electron chi connectivity index (χ3n) is 4.36. The molecule has 1 aromatic heterocycles. The molecular formula is C16H27N3O4S. The Balaban J connectivity index is 1.70. The van der Waals surface area contributed by atoms with Crippen molar-refractivity contribution < 1.29 is 17.6 Å². The highest BCUT2D eigenvalue weighted by Crippen LogP contribution is 2.18. The molecule has 2 amide bonds. The minimum atomic E-state index is -3.44. The van der Waals surface area contributed by atoms with Crippen LogP contribution < -0.4 is 10.5 Å². The summed E-state index contributed by atoms with van der Waals surface area (Å²) in [5, 5.41) is 8.07. The summed E-state index contributed by atoms with van der Waals surface area (Å²) in [6.07, 6.45) is 2.93. The third-order valence-corrected chi connectivity index (χ3v) is 5.30. The van der Waals surface area contributed by atoms with Crippen molar-refractivity contribution in [2.75, 3.05) is 18.8 Å². The van der Waals surface area contributed by atoms with Crippen LogP contribution in [0.1, 0.15) is 37.7 Å². The highest BCUT2D eigenvalue weighted by molar-refractivity contribution is 7.89. The molecule has 1 atom stereocenters. The molecule has 3 N–H and O–H groups in total. The molecule has 7 nitrogen and oxygen atoms in total. The normalized spacial score (nSPS) is 17.7. The molecule has 1 fully saturated rings. The number of likely N-dealkylation sites (tertiary alicyclic amines) is 1. The molecule has 0 radical (unpaired) electrons. The predicted octanol–water partition coefficient (Wildman–Crippen LogP) is 1.62. The van der Waals surface area contributed by atoms with E-state index in [-0.39, 0.29) is 23.7 Å². The van der Waals surface area contributed by atoms with Crippen LogP contribution in [0.15, 0.2) is 16.5 Å². The maximum atomic E-state index is 12.3. The number of sulfonamides is 1. The number of hydrogen-bond acceptors (Lipinski definition) is 4. The zero-order valence-corrected chi connectivity index (χ0v) is 15.1. The number of aryl methyl sites for hydroxylation is 2. The summed E-state index contributed by atoms with van der Waals surface area (Å²) in [7, 11) is -3.44. The van der Waals surface area contributed by atoms with Crippen molar-refractivity contribution in [1.82, 2.24) is 10.2 Å². The number of furan rings is 1. The highest BCUT2D eigenvalue weighted by atomic mass is 32.2. The SMILES string of the molecule is Cc1ccc(CCC(C)NC(=O)N2CCC(CS(N)(=O)=O)CC2)o1. The zero-order valence-electron chi connectivity index (χ0n) is 14.3. The monoisotopic (exact) mass is 357 g/mol. The summed E-state index contributed by atoms with van der Waals surface area (Å²) in [6.45, 7) is 5.02. The molecule has 0 aromatic carbocycles. The first kappa shape index (κ1) is 18.8. The largest absolute Gasteiger partial charge is 0.466 e. The Labute approximate surface area is 143 Å². The summed E-state index contributed by atoms with van der Waals surface area (Å²) in [4.78, 5) is 14.0. The Morgan fingerprint density at radius 2 is 2.08 bits per heavy atom. The van der Waals surface area contributed by atoms with Gasteiger partial charge in [0.2, 0.25) is 10.0 Å². The second kappa shape index (κ2) is 8.02. The van der Waals surface area contributed by atoms with Crippen molar-refractivity contribution in [3.63, 3.8) is 0 Å². The number of rotatable bonds is 6. The van der Waals surface area contributed by atoms with Gasteiger partial charge in [-0.1, -0.05) is 0 Å². The third kappa shape index (κ3) is 6.16. The van der Waals surface area contributed by atoms with Crippen molar-refractivity contribution in [2.45, 2.75) is 45.6 Å². The first-order valence-electron chi connectivity index (χ1n) is 8.34. The lowest BCUT2D eigenvalue weighted by Crippen LogP contribution is -2.48. The van der Waals surface area contributed by atoms with E-state index >= 15 is 0 Å². The summed E-state index contributed by atoms with van der Waals surface area (Å²) in [5.74, 6) is 1.87. The molecule has 24 heavy (non-hydrogen) atoms. The Morgan fingerprint density at radius 1 is 1.42 bits per heavy atom. The molecule has 1 aromatic rings. The standard InChI is InChI=1S/C16H27N3O4S/c1-12(3-5-15-6-4-13(2)23-15)18-16(20)19-9-7-14(8-10-19)11-24(17,21)22/h4,6,12,14H,3,5,7-11H2,1-2H3,(H,18,20)(H2,17,21,22). The van der Waals surface area contributed by atoms with Gasteiger partial charge < -0.3 is 14.6 Å². The first-order valence-corrected chi connectivity index (χ1v) is 10.1. The number of piperidine rings is 1. The fraction of sp³-hybridized carbons (Fsp3) is 0.688. The molecule has 1 unspecified atom stereocenters. The predicted molar refractivity (Wildman–Crippen MR) is 92.0 cm³/mol. The molecule has 1 aliphatic rings. The van der Waals surface area contributed by atoms with Crippen LogP contribution in [0.5, 0.6) is 0 Å². The van der Waals surface area contributed by atoms with Gasteiger partial charge in [-0.2, -0.15) is 0 Å². The second-order valence-electron chi connectivity index (χ2n) is 6.66. The van der Waals surface area contributed by atoms with Crippen LogP contribution in [0.3, 0.4) is 0 Å². The fourth-order valence-corrected chi connectivity index (χ4v) is 3.97. The van der Waals surface area contributed by atoms with E-state index < -0.39 is 10.0 Å². The smallest absolute Gasteiger partial charge is 0.317 e. The number of primary sulfonamides is 1. The van der Waals surface area contributed by atoms with Crippen molar-refractivity contribution in [3.05, 3.63) is 23.7 Å². The summed E-state index contributed by atoms with van der Waals surface area (Å²) < 4.78 is 27.8. The minimum absolute atomic E-state index is 0.00141. The molecule has 0 spiro atoms. The number of urea groups is 1. The van der Waals surface area contributed by atoms with Crippen LogP contribution in [0.4, 0.5) is 4.79 Å². The van der Waals surface area contributed by atoms with Gasteiger partial charge in [-0.3, -0.25) is 0 Å². The van der Waals surface area contributed by atoms with E-state index in [1.54, 1.807) is 4.90 Å². The van der Waals surface area contributed by atoms with Crippen molar-refractivity contribution in [3.8, 4) is 0 Å². The molecule has 0 saturated carbocycles. The molecule has 0 bridgehead atoms. The maximum Gasteiger partial charge on any atom is 0.317 e. The first-order chi connectivity index (χ1) is 11.2. The second-order valence-corrected chi connectivity index (χ2v) is 8.32. The average Bonchev–Trinajstić information content (AvgIpc) is 2.90. The summed E-state index contributed by atoms with van der Waals surface area (Å²) in [5.41, 5.74) is 0. The highest BCUT2D eigenvalue weighted by Gasteiger charge is 2.25. The minimum Gasteiger partial charge on any atom is -0.466 e. The molecule has 1 aliphatic heterocycles. The maximum absolute atomic E-state index is 12.3. The van der Waals surface area contributed by atoms with Gasteiger partial charge in [0, 0.05) is 25.6 Å². The van der Waals surface area contributed by atoms with E-state index in [2.05, 4.69) is 5.32 Å². The van der Waals surface area contributed by atoms with Gasteiger partial charge in [0.25, 0.3) is 0 Å². The number of nitrogens with two attached hydrogens (primary N) is 1. The molecule has 1 saturated heterocycles. The number of nitrogens with zero attached hydrogens (tertiary/aromatic N) is 1. The van der Waals surface area contributed by atoms with Crippen LogP contribution in [-0.2, 0) is 16.4 Å². The molecule has 136 valence electrons. The Hall–Kier alpha value is -1.54. The lowest BCUT2D eigenvalue weighted by Gasteiger charge is -2.32. The topological polar surface area (TPSA) is 106 Å². The van der Waals surface area contributed by atoms with Gasteiger partial charge in [0.05, 0.1) is 5.75 Å². The Bertz CT molecular complexity index is 648. The molecule has 2 heterocycles. The van der Waals surface area contributed by atoms with Crippen LogP contribution in [0, 0.1) is 12.8 Å². The van der Waals surface area contributed by atoms with Crippen LogP contribution >= 0.6 is 0 Å². The quantitative estimate of drug-likeness (QED) is 0.807. The molecule has 0 aliphatic carbocycles. The number of nitrogens with one attached hydrogen (secondary N) is 1. The summed E-state index contributed by atoms with van der Waals surface area (Å²) >= 11 is 0. The van der Waals surface area contributed by atoms with Gasteiger partial charge in [0.1, 0.15) is 11.5 Å². The van der Waals surface area contributed by atoms with Crippen LogP contribution in [0.2, 0.25) is 0 Å². The van der Waals surface area contributed by atoms with Gasteiger partial charge in [-0.25, -0.2) is 18.4 Å². The lowest BCUT2D eigenvalue weighted by molar-refractivity contribution is 0.171. The number of carbonyl (C=O) groups excluding carboxylic acids is 1. The van der Waals surface area contributed by atoms with E-state index in [0.29, 0.717) is 25.9 Å². The average molecular weight is 357 g/mol. The Kier molecular flexibility index (Phi) is 6.28. The van der Waals surface area contributed by atoms with Gasteiger partial charge in [-0.05, 0) is 51.2 Å². The molecular weight excluding hydrogens is 330 g/mol. The van der Waals surface area contributed by atoms with E-state index in [1.165, 1.54) is 0 Å².